The van der Waals surface area contributed by atoms with Crippen molar-refractivity contribution in [3.8, 4) is 5.75 Å². The number of nitrogens with zero attached hydrogens (tertiary/aromatic N) is 1. The Morgan fingerprint density at radius 3 is 2.45 bits per heavy atom. The summed E-state index contributed by atoms with van der Waals surface area (Å²) in [7, 11) is 1.07. The van der Waals surface area contributed by atoms with Crippen LogP contribution in [0.3, 0.4) is 0 Å². The van der Waals surface area contributed by atoms with Gasteiger partial charge in [-0.1, -0.05) is 0 Å². The number of ether oxygens (including phenoxy) is 1. The van der Waals surface area contributed by atoms with Gasteiger partial charge in [0.05, 0.1) is 12.0 Å². The molecule has 1 aromatic carbocycles. The molecule has 20 heavy (non-hydrogen) atoms. The van der Waals surface area contributed by atoms with Crippen LogP contribution in [0.4, 0.5) is 18.9 Å². The van der Waals surface area contributed by atoms with Crippen LogP contribution in [0.15, 0.2) is 12.1 Å². The lowest BCUT2D eigenvalue weighted by Crippen LogP contribution is -2.53. The van der Waals surface area contributed by atoms with Gasteiger partial charge < -0.3 is 15.6 Å². The van der Waals surface area contributed by atoms with Crippen LogP contribution in [0, 0.1) is 15.9 Å². The van der Waals surface area contributed by atoms with Crippen LogP contribution in [0.2, 0.25) is 0 Å². The second-order valence-corrected chi connectivity index (χ2v) is 4.33. The van der Waals surface area contributed by atoms with Gasteiger partial charge in [0, 0.05) is 17.7 Å². The fourth-order valence-electron chi connectivity index (χ4n) is 1.61. The van der Waals surface area contributed by atoms with Crippen LogP contribution < -0.4 is 10.5 Å². The molecule has 0 radical (unpaired) electrons. The average molecular weight is 294 g/mol. The number of nitro groups is 1. The van der Waals surface area contributed by atoms with Gasteiger partial charge in [0.25, 0.3) is 5.92 Å². The predicted molar refractivity (Wildman–Crippen MR) is 63.2 cm³/mol. The summed E-state index contributed by atoms with van der Waals surface area (Å²) in [5.74, 6) is -5.47. The van der Waals surface area contributed by atoms with Crippen LogP contribution in [0.25, 0.3) is 0 Å². The van der Waals surface area contributed by atoms with Gasteiger partial charge in [-0.15, -0.1) is 0 Å². The molecule has 3 N–H and O–H groups in total. The molecule has 1 rings (SSSR count). The molecule has 0 saturated carbocycles. The van der Waals surface area contributed by atoms with Gasteiger partial charge >= 0.3 is 5.69 Å². The Morgan fingerprint density at radius 2 is 2.05 bits per heavy atom. The molecule has 9 heteroatoms. The quantitative estimate of drug-likeness (QED) is 0.634. The number of hydrogen-bond donors (Lipinski definition) is 2. The Kier molecular flexibility index (Phi) is 4.25. The summed E-state index contributed by atoms with van der Waals surface area (Å²) < 4.78 is 45.6. The molecule has 0 saturated heterocycles. The van der Waals surface area contributed by atoms with Gasteiger partial charge in [-0.05, 0) is 6.92 Å². The number of alkyl halides is 2. The van der Waals surface area contributed by atoms with Gasteiger partial charge in [-0.2, -0.15) is 0 Å². The summed E-state index contributed by atoms with van der Waals surface area (Å²) in [5, 5.41) is 19.5. The highest BCUT2D eigenvalue weighted by molar-refractivity contribution is 5.51. The first-order chi connectivity index (χ1) is 9.08. The van der Waals surface area contributed by atoms with E-state index in [9.17, 15) is 23.3 Å². The Hall–Kier alpha value is -1.87. The topological polar surface area (TPSA) is 98.6 Å². The minimum Gasteiger partial charge on any atom is -0.490 e. The lowest BCUT2D eigenvalue weighted by molar-refractivity contribution is -0.385. The van der Waals surface area contributed by atoms with Crippen molar-refractivity contribution in [2.24, 2.45) is 5.73 Å². The lowest BCUT2D eigenvalue weighted by Gasteiger charge is -2.33. The van der Waals surface area contributed by atoms with Crippen LogP contribution in [0.5, 0.6) is 5.75 Å². The van der Waals surface area contributed by atoms with E-state index in [0.717, 1.165) is 14.0 Å². The summed E-state index contributed by atoms with van der Waals surface area (Å²) in [5.41, 5.74) is 1.26. The van der Waals surface area contributed by atoms with Crippen molar-refractivity contribution in [3.05, 3.63) is 33.6 Å². The zero-order valence-corrected chi connectivity index (χ0v) is 10.7. The number of rotatable bonds is 5. The standard InChI is InChI=1S/C11H13F3N2O4/c1-10(15,11(13,14)5-17)6-3-8(16(18)19)9(20-2)4-7(6)12/h3-4,17H,5,15H2,1-2H3. The van der Waals surface area contributed by atoms with Gasteiger partial charge in [-0.3, -0.25) is 10.1 Å². The number of nitro benzene ring substituents is 1. The second-order valence-electron chi connectivity index (χ2n) is 4.33. The molecule has 1 aromatic rings. The van der Waals surface area contributed by atoms with E-state index in [1.807, 2.05) is 0 Å². The van der Waals surface area contributed by atoms with Crippen molar-refractivity contribution in [1.29, 1.82) is 0 Å². The number of methoxy groups -OCH3 is 1. The van der Waals surface area contributed by atoms with Crippen LogP contribution in [-0.2, 0) is 5.54 Å². The molecule has 0 spiro atoms. The van der Waals surface area contributed by atoms with E-state index in [0.29, 0.717) is 12.1 Å². The number of halogens is 3. The van der Waals surface area contributed by atoms with E-state index in [-0.39, 0.29) is 0 Å². The van der Waals surface area contributed by atoms with Crippen molar-refractivity contribution in [3.63, 3.8) is 0 Å². The molecule has 0 amide bonds. The maximum atomic E-state index is 13.8. The smallest absolute Gasteiger partial charge is 0.311 e. The van der Waals surface area contributed by atoms with Crippen molar-refractivity contribution in [2.75, 3.05) is 13.7 Å². The molecule has 0 bridgehead atoms. The highest BCUT2D eigenvalue weighted by atomic mass is 19.3. The van der Waals surface area contributed by atoms with Crippen LogP contribution in [0.1, 0.15) is 12.5 Å². The zero-order chi connectivity index (χ0) is 15.7. The minimum atomic E-state index is -3.86. The van der Waals surface area contributed by atoms with Gasteiger partial charge in [0.15, 0.2) is 5.75 Å². The Labute approximate surface area is 112 Å². The SMILES string of the molecule is COc1cc(F)c(C(C)(N)C(F)(F)CO)cc1[N+](=O)[O-]. The summed E-state index contributed by atoms with van der Waals surface area (Å²) in [6.07, 6.45) is 0. The molecule has 0 aliphatic carbocycles. The summed E-state index contributed by atoms with van der Waals surface area (Å²) in [6.45, 7) is -0.850. The van der Waals surface area contributed by atoms with E-state index in [1.54, 1.807) is 0 Å². The number of hydrogen-bond acceptors (Lipinski definition) is 5. The summed E-state index contributed by atoms with van der Waals surface area (Å²) in [6, 6.07) is 1.18. The highest BCUT2D eigenvalue weighted by Gasteiger charge is 2.50. The first-order valence-electron chi connectivity index (χ1n) is 5.38. The van der Waals surface area contributed by atoms with E-state index in [4.69, 9.17) is 10.8 Å². The van der Waals surface area contributed by atoms with Gasteiger partial charge in [-0.25, -0.2) is 13.2 Å². The third kappa shape index (κ3) is 2.54. The van der Waals surface area contributed by atoms with E-state index in [1.165, 1.54) is 0 Å². The van der Waals surface area contributed by atoms with E-state index < -0.39 is 45.8 Å². The Morgan fingerprint density at radius 1 is 1.50 bits per heavy atom. The van der Waals surface area contributed by atoms with Crippen LogP contribution >= 0.6 is 0 Å². The molecule has 0 aliphatic rings. The molecule has 6 nitrogen and oxygen atoms in total. The van der Waals surface area contributed by atoms with Crippen molar-refractivity contribution >= 4 is 5.69 Å². The van der Waals surface area contributed by atoms with Crippen molar-refractivity contribution in [2.45, 2.75) is 18.4 Å². The third-order valence-corrected chi connectivity index (χ3v) is 2.98. The Bertz CT molecular complexity index is 535. The number of nitrogens with two attached hydrogens (primary N) is 1. The van der Waals surface area contributed by atoms with E-state index in [2.05, 4.69) is 4.74 Å². The fraction of sp³-hybridized carbons (Fsp3) is 0.455. The van der Waals surface area contributed by atoms with Crippen LogP contribution in [-0.4, -0.2) is 29.7 Å². The Balaban J connectivity index is 3.54. The molecule has 0 aliphatic heterocycles. The van der Waals surface area contributed by atoms with Gasteiger partial charge in [0.1, 0.15) is 18.0 Å². The highest BCUT2D eigenvalue weighted by Crippen LogP contribution is 2.40. The minimum absolute atomic E-state index is 0.417. The van der Waals surface area contributed by atoms with Crippen molar-refractivity contribution in [1.82, 2.24) is 0 Å². The lowest BCUT2D eigenvalue weighted by atomic mass is 9.86. The largest absolute Gasteiger partial charge is 0.490 e. The molecular formula is C11H13F3N2O4. The van der Waals surface area contributed by atoms with Gasteiger partial charge in [0.2, 0.25) is 0 Å². The third-order valence-electron chi connectivity index (χ3n) is 2.98. The predicted octanol–water partition coefficient (Wildman–Crippen LogP) is 1.54. The number of aliphatic hydroxyl groups is 1. The molecule has 0 heterocycles. The molecule has 1 unspecified atom stereocenters. The summed E-state index contributed by atoms with van der Waals surface area (Å²) in [4.78, 5) is 9.91. The van der Waals surface area contributed by atoms with E-state index >= 15 is 0 Å². The normalized spacial score (nSPS) is 14.8. The first kappa shape index (κ1) is 16.2. The first-order valence-corrected chi connectivity index (χ1v) is 5.38. The zero-order valence-electron chi connectivity index (χ0n) is 10.7. The maximum Gasteiger partial charge on any atom is 0.311 e. The number of benzene rings is 1. The molecule has 112 valence electrons. The second kappa shape index (κ2) is 5.25. The fourth-order valence-corrected chi connectivity index (χ4v) is 1.61. The molecule has 0 fully saturated rings. The monoisotopic (exact) mass is 294 g/mol. The maximum absolute atomic E-state index is 13.8. The molecule has 0 aromatic heterocycles. The molecule has 1 atom stereocenters. The molecular weight excluding hydrogens is 281 g/mol. The summed E-state index contributed by atoms with van der Waals surface area (Å²) >= 11 is 0. The number of aliphatic hydroxyl groups excluding tert-OH is 1. The average Bonchev–Trinajstić information content (AvgIpc) is 2.37. The van der Waals surface area contributed by atoms with Crippen molar-refractivity contribution < 1.29 is 27.9 Å².